The third-order valence-corrected chi connectivity index (χ3v) is 2.83. The first-order valence-electron chi connectivity index (χ1n) is 5.25. The molecule has 15 heavy (non-hydrogen) atoms. The number of aromatic nitrogens is 1. The highest BCUT2D eigenvalue weighted by Crippen LogP contribution is 2.25. The number of nitrogens with two attached hydrogens (primary N) is 1. The molecule has 0 saturated carbocycles. The Balaban J connectivity index is 2.31. The van der Waals surface area contributed by atoms with Gasteiger partial charge in [-0.3, -0.25) is 0 Å². The van der Waals surface area contributed by atoms with Gasteiger partial charge in [0.15, 0.2) is 5.82 Å². The molecule has 4 nitrogen and oxygen atoms in total. The Labute approximate surface area is 90.0 Å². The SMILES string of the molecule is Cc1ccnc(N2CCOCC2C)c1N. The highest BCUT2D eigenvalue weighted by molar-refractivity contribution is 5.66. The first-order valence-corrected chi connectivity index (χ1v) is 5.25. The number of pyridine rings is 1. The van der Waals surface area contributed by atoms with E-state index in [1.54, 1.807) is 0 Å². The lowest BCUT2D eigenvalue weighted by Gasteiger charge is -2.35. The van der Waals surface area contributed by atoms with Crippen LogP contribution >= 0.6 is 0 Å². The van der Waals surface area contributed by atoms with Gasteiger partial charge in [-0.25, -0.2) is 4.98 Å². The summed E-state index contributed by atoms with van der Waals surface area (Å²) >= 11 is 0. The van der Waals surface area contributed by atoms with Crippen molar-refractivity contribution in [2.45, 2.75) is 19.9 Å². The first kappa shape index (κ1) is 10.2. The van der Waals surface area contributed by atoms with Crippen LogP contribution in [0.3, 0.4) is 0 Å². The molecule has 0 aromatic carbocycles. The highest BCUT2D eigenvalue weighted by atomic mass is 16.5. The number of aryl methyl sites for hydroxylation is 1. The van der Waals surface area contributed by atoms with Crippen molar-refractivity contribution in [3.63, 3.8) is 0 Å². The molecule has 4 heteroatoms. The van der Waals surface area contributed by atoms with Crippen molar-refractivity contribution in [1.29, 1.82) is 0 Å². The second-order valence-electron chi connectivity index (χ2n) is 3.98. The Morgan fingerprint density at radius 2 is 2.40 bits per heavy atom. The minimum Gasteiger partial charge on any atom is -0.396 e. The summed E-state index contributed by atoms with van der Waals surface area (Å²) in [5.41, 5.74) is 7.90. The lowest BCUT2D eigenvalue weighted by Crippen LogP contribution is -2.44. The molecule has 0 aliphatic carbocycles. The molecule has 1 atom stereocenters. The summed E-state index contributed by atoms with van der Waals surface area (Å²) in [6, 6.07) is 2.28. The summed E-state index contributed by atoms with van der Waals surface area (Å²) in [5.74, 6) is 0.894. The largest absolute Gasteiger partial charge is 0.396 e. The van der Waals surface area contributed by atoms with E-state index in [9.17, 15) is 0 Å². The van der Waals surface area contributed by atoms with Crippen LogP contribution in [0.2, 0.25) is 0 Å². The van der Waals surface area contributed by atoms with Crippen molar-refractivity contribution in [1.82, 2.24) is 4.98 Å². The number of rotatable bonds is 1. The molecule has 1 aliphatic heterocycles. The van der Waals surface area contributed by atoms with Crippen molar-refractivity contribution in [3.8, 4) is 0 Å². The lowest BCUT2D eigenvalue weighted by atomic mass is 10.2. The predicted octanol–water partition coefficient (Wildman–Crippen LogP) is 1.20. The summed E-state index contributed by atoms with van der Waals surface area (Å²) in [5, 5.41) is 0. The standard InChI is InChI=1S/C11H17N3O/c1-8-3-4-13-11(10(8)12)14-5-6-15-7-9(14)2/h3-4,9H,5-7,12H2,1-2H3. The summed E-state index contributed by atoms with van der Waals surface area (Å²) < 4.78 is 5.39. The Morgan fingerprint density at radius 1 is 1.60 bits per heavy atom. The molecule has 1 saturated heterocycles. The summed E-state index contributed by atoms with van der Waals surface area (Å²) in [7, 11) is 0. The first-order chi connectivity index (χ1) is 7.20. The number of hydrogen-bond donors (Lipinski definition) is 1. The van der Waals surface area contributed by atoms with Gasteiger partial charge in [0.1, 0.15) is 0 Å². The smallest absolute Gasteiger partial charge is 0.152 e. The summed E-state index contributed by atoms with van der Waals surface area (Å²) in [4.78, 5) is 6.57. The molecule has 0 spiro atoms. The fourth-order valence-corrected chi connectivity index (χ4v) is 1.83. The molecule has 1 fully saturated rings. The number of morpholine rings is 1. The van der Waals surface area contributed by atoms with Gasteiger partial charge in [0.2, 0.25) is 0 Å². The van der Waals surface area contributed by atoms with Crippen molar-refractivity contribution in [2.24, 2.45) is 0 Å². The monoisotopic (exact) mass is 207 g/mol. The second kappa shape index (κ2) is 4.06. The van der Waals surface area contributed by atoms with E-state index in [1.165, 1.54) is 0 Å². The van der Waals surface area contributed by atoms with Crippen LogP contribution < -0.4 is 10.6 Å². The van der Waals surface area contributed by atoms with Crippen LogP contribution in [0.5, 0.6) is 0 Å². The molecule has 2 rings (SSSR count). The van der Waals surface area contributed by atoms with Gasteiger partial charge in [-0.05, 0) is 25.5 Å². The average Bonchev–Trinajstić information content (AvgIpc) is 2.23. The van der Waals surface area contributed by atoms with Crippen LogP contribution in [0, 0.1) is 6.92 Å². The van der Waals surface area contributed by atoms with Crippen LogP contribution in [-0.4, -0.2) is 30.8 Å². The Hall–Kier alpha value is -1.29. The van der Waals surface area contributed by atoms with E-state index in [0.29, 0.717) is 6.04 Å². The number of anilines is 2. The predicted molar refractivity (Wildman–Crippen MR) is 61.0 cm³/mol. The van der Waals surface area contributed by atoms with Gasteiger partial charge in [-0.15, -0.1) is 0 Å². The highest BCUT2D eigenvalue weighted by Gasteiger charge is 2.22. The third kappa shape index (κ3) is 1.90. The molecule has 2 heterocycles. The molecule has 2 N–H and O–H groups in total. The maximum Gasteiger partial charge on any atom is 0.152 e. The normalized spacial score (nSPS) is 21.7. The zero-order valence-corrected chi connectivity index (χ0v) is 9.23. The Kier molecular flexibility index (Phi) is 2.77. The van der Waals surface area contributed by atoms with Gasteiger partial charge >= 0.3 is 0 Å². The lowest BCUT2D eigenvalue weighted by molar-refractivity contribution is 0.0986. The summed E-state index contributed by atoms with van der Waals surface area (Å²) in [6.07, 6.45) is 1.81. The van der Waals surface area contributed by atoms with Crippen molar-refractivity contribution in [3.05, 3.63) is 17.8 Å². The van der Waals surface area contributed by atoms with Crippen molar-refractivity contribution in [2.75, 3.05) is 30.4 Å². The zero-order valence-electron chi connectivity index (χ0n) is 9.23. The molecule has 1 aromatic rings. The van der Waals surface area contributed by atoms with E-state index in [2.05, 4.69) is 16.8 Å². The Morgan fingerprint density at radius 3 is 3.13 bits per heavy atom. The van der Waals surface area contributed by atoms with Gasteiger partial charge in [-0.2, -0.15) is 0 Å². The van der Waals surface area contributed by atoms with Crippen molar-refractivity contribution >= 4 is 11.5 Å². The Bertz CT molecular complexity index is 354. The molecule has 0 radical (unpaired) electrons. The number of nitrogens with zero attached hydrogens (tertiary/aromatic N) is 2. The van der Waals surface area contributed by atoms with E-state index in [0.717, 1.165) is 36.8 Å². The minimum absolute atomic E-state index is 0.343. The molecule has 1 aliphatic rings. The maximum atomic E-state index is 6.03. The van der Waals surface area contributed by atoms with E-state index >= 15 is 0 Å². The fourth-order valence-electron chi connectivity index (χ4n) is 1.83. The van der Waals surface area contributed by atoms with E-state index in [1.807, 2.05) is 19.2 Å². The third-order valence-electron chi connectivity index (χ3n) is 2.83. The van der Waals surface area contributed by atoms with Gasteiger partial charge < -0.3 is 15.4 Å². The van der Waals surface area contributed by atoms with Gasteiger partial charge in [0.05, 0.1) is 24.9 Å². The van der Waals surface area contributed by atoms with Crippen LogP contribution in [0.4, 0.5) is 11.5 Å². The van der Waals surface area contributed by atoms with Gasteiger partial charge in [0, 0.05) is 12.7 Å². The van der Waals surface area contributed by atoms with Gasteiger partial charge in [0.25, 0.3) is 0 Å². The second-order valence-corrected chi connectivity index (χ2v) is 3.98. The number of nitrogen functional groups attached to an aromatic ring is 1. The quantitative estimate of drug-likeness (QED) is 0.751. The zero-order chi connectivity index (χ0) is 10.8. The maximum absolute atomic E-state index is 6.03. The molecular formula is C11H17N3O. The summed E-state index contributed by atoms with van der Waals surface area (Å²) in [6.45, 7) is 6.49. The topological polar surface area (TPSA) is 51.4 Å². The van der Waals surface area contributed by atoms with Gasteiger partial charge in [-0.1, -0.05) is 0 Å². The van der Waals surface area contributed by atoms with Crippen molar-refractivity contribution < 1.29 is 4.74 Å². The van der Waals surface area contributed by atoms with Crippen LogP contribution in [0.15, 0.2) is 12.3 Å². The molecule has 82 valence electrons. The van der Waals surface area contributed by atoms with Crippen LogP contribution in [0.1, 0.15) is 12.5 Å². The van der Waals surface area contributed by atoms with Crippen LogP contribution in [0.25, 0.3) is 0 Å². The average molecular weight is 207 g/mol. The minimum atomic E-state index is 0.343. The molecule has 1 aromatic heterocycles. The molecule has 1 unspecified atom stereocenters. The molecular weight excluding hydrogens is 190 g/mol. The molecule has 0 amide bonds. The van der Waals surface area contributed by atoms with E-state index in [4.69, 9.17) is 10.5 Å². The number of ether oxygens (including phenoxy) is 1. The van der Waals surface area contributed by atoms with Crippen LogP contribution in [-0.2, 0) is 4.74 Å². The fraction of sp³-hybridized carbons (Fsp3) is 0.545. The van der Waals surface area contributed by atoms with E-state index < -0.39 is 0 Å². The number of hydrogen-bond acceptors (Lipinski definition) is 4. The van der Waals surface area contributed by atoms with E-state index in [-0.39, 0.29) is 0 Å². The molecule has 0 bridgehead atoms.